The standard InChI is InChI=1S/C12H14O2/c1-2-10-5-7-12(14-10)8-6-11-4-3-9-13-11/h2-4,6,8-10,12H,1,5,7H2. The molecule has 1 aromatic heterocycles. The lowest BCUT2D eigenvalue weighted by atomic mass is 10.2. The van der Waals surface area contributed by atoms with Gasteiger partial charge in [-0.25, -0.2) is 0 Å². The summed E-state index contributed by atoms with van der Waals surface area (Å²) in [4.78, 5) is 0. The van der Waals surface area contributed by atoms with Crippen LogP contribution in [-0.2, 0) is 4.74 Å². The first-order valence-electron chi connectivity index (χ1n) is 4.88. The van der Waals surface area contributed by atoms with Crippen molar-refractivity contribution in [2.45, 2.75) is 25.0 Å². The molecular weight excluding hydrogens is 176 g/mol. The highest BCUT2D eigenvalue weighted by Gasteiger charge is 2.20. The van der Waals surface area contributed by atoms with Crippen LogP contribution in [0, 0.1) is 0 Å². The van der Waals surface area contributed by atoms with Crippen molar-refractivity contribution in [3.63, 3.8) is 0 Å². The molecule has 1 fully saturated rings. The van der Waals surface area contributed by atoms with Crippen molar-refractivity contribution in [2.24, 2.45) is 0 Å². The Bertz CT molecular complexity index is 311. The molecular formula is C12H14O2. The fraction of sp³-hybridized carbons (Fsp3) is 0.333. The van der Waals surface area contributed by atoms with Crippen LogP contribution in [-0.4, -0.2) is 12.2 Å². The monoisotopic (exact) mass is 190 g/mol. The maximum Gasteiger partial charge on any atom is 0.126 e. The van der Waals surface area contributed by atoms with Gasteiger partial charge in [-0.3, -0.25) is 0 Å². The summed E-state index contributed by atoms with van der Waals surface area (Å²) in [5, 5.41) is 0. The molecule has 0 N–H and O–H groups in total. The summed E-state index contributed by atoms with van der Waals surface area (Å²) in [5.74, 6) is 0.871. The Morgan fingerprint density at radius 1 is 1.36 bits per heavy atom. The summed E-state index contributed by atoms with van der Waals surface area (Å²) >= 11 is 0. The van der Waals surface area contributed by atoms with E-state index in [1.807, 2.05) is 30.4 Å². The van der Waals surface area contributed by atoms with Gasteiger partial charge < -0.3 is 9.15 Å². The highest BCUT2D eigenvalue weighted by Crippen LogP contribution is 2.21. The molecule has 2 unspecified atom stereocenters. The lowest BCUT2D eigenvalue weighted by Gasteiger charge is -2.05. The average Bonchev–Trinajstić information content (AvgIpc) is 2.86. The van der Waals surface area contributed by atoms with E-state index in [1.54, 1.807) is 6.26 Å². The van der Waals surface area contributed by atoms with Crippen molar-refractivity contribution in [1.29, 1.82) is 0 Å². The summed E-state index contributed by atoms with van der Waals surface area (Å²) in [6.07, 6.45) is 10.1. The maximum absolute atomic E-state index is 5.66. The molecule has 1 aromatic rings. The van der Waals surface area contributed by atoms with Crippen LogP contribution < -0.4 is 0 Å². The number of rotatable bonds is 3. The molecule has 0 aromatic carbocycles. The summed E-state index contributed by atoms with van der Waals surface area (Å²) in [6.45, 7) is 3.72. The second-order valence-electron chi connectivity index (χ2n) is 3.40. The summed E-state index contributed by atoms with van der Waals surface area (Å²) < 4.78 is 10.8. The Morgan fingerprint density at radius 3 is 2.86 bits per heavy atom. The van der Waals surface area contributed by atoms with E-state index >= 15 is 0 Å². The zero-order valence-corrected chi connectivity index (χ0v) is 8.06. The highest BCUT2D eigenvalue weighted by molar-refractivity contribution is 5.42. The minimum atomic E-state index is 0.211. The highest BCUT2D eigenvalue weighted by atomic mass is 16.5. The molecule has 0 bridgehead atoms. The summed E-state index contributed by atoms with van der Waals surface area (Å²) in [5.41, 5.74) is 0. The van der Waals surface area contributed by atoms with Gasteiger partial charge in [-0.05, 0) is 31.1 Å². The Labute approximate surface area is 83.9 Å². The molecule has 14 heavy (non-hydrogen) atoms. The molecule has 0 amide bonds. The molecule has 2 heteroatoms. The van der Waals surface area contributed by atoms with E-state index in [0.717, 1.165) is 18.6 Å². The van der Waals surface area contributed by atoms with Crippen LogP contribution in [0.25, 0.3) is 6.08 Å². The number of furan rings is 1. The molecule has 2 rings (SSSR count). The minimum absolute atomic E-state index is 0.211. The number of hydrogen-bond donors (Lipinski definition) is 0. The molecule has 1 saturated heterocycles. The number of hydrogen-bond acceptors (Lipinski definition) is 2. The van der Waals surface area contributed by atoms with Gasteiger partial charge in [-0.1, -0.05) is 12.2 Å². The normalized spacial score (nSPS) is 27.1. The van der Waals surface area contributed by atoms with Gasteiger partial charge in [0.1, 0.15) is 5.76 Å². The van der Waals surface area contributed by atoms with Gasteiger partial charge in [0, 0.05) is 0 Å². The molecule has 2 nitrogen and oxygen atoms in total. The second kappa shape index (κ2) is 4.29. The fourth-order valence-electron chi connectivity index (χ4n) is 1.59. The van der Waals surface area contributed by atoms with Crippen LogP contribution in [0.1, 0.15) is 18.6 Å². The summed E-state index contributed by atoms with van der Waals surface area (Å²) in [6, 6.07) is 3.80. The Balaban J connectivity index is 1.90. The predicted molar refractivity (Wildman–Crippen MR) is 55.8 cm³/mol. The zero-order chi connectivity index (χ0) is 9.80. The minimum Gasteiger partial charge on any atom is -0.465 e. The molecule has 0 saturated carbocycles. The van der Waals surface area contributed by atoms with Gasteiger partial charge in [-0.2, -0.15) is 0 Å². The molecule has 0 spiro atoms. The molecule has 0 aliphatic carbocycles. The van der Waals surface area contributed by atoms with E-state index < -0.39 is 0 Å². The van der Waals surface area contributed by atoms with Crippen molar-refractivity contribution >= 4 is 6.08 Å². The van der Waals surface area contributed by atoms with Crippen LogP contribution >= 0.6 is 0 Å². The third-order valence-corrected chi connectivity index (χ3v) is 2.37. The van der Waals surface area contributed by atoms with Gasteiger partial charge in [-0.15, -0.1) is 6.58 Å². The molecule has 2 heterocycles. The van der Waals surface area contributed by atoms with E-state index in [2.05, 4.69) is 6.58 Å². The van der Waals surface area contributed by atoms with Crippen molar-refractivity contribution in [3.8, 4) is 0 Å². The Kier molecular flexibility index (Phi) is 2.84. The predicted octanol–water partition coefficient (Wildman–Crippen LogP) is 3.03. The average molecular weight is 190 g/mol. The maximum atomic E-state index is 5.66. The molecule has 1 aliphatic rings. The van der Waals surface area contributed by atoms with Crippen molar-refractivity contribution in [3.05, 3.63) is 42.9 Å². The van der Waals surface area contributed by atoms with Crippen LogP contribution in [0.5, 0.6) is 0 Å². The third kappa shape index (κ3) is 2.15. The van der Waals surface area contributed by atoms with Gasteiger partial charge in [0.15, 0.2) is 0 Å². The van der Waals surface area contributed by atoms with Crippen molar-refractivity contribution < 1.29 is 9.15 Å². The van der Waals surface area contributed by atoms with E-state index in [9.17, 15) is 0 Å². The van der Waals surface area contributed by atoms with Crippen molar-refractivity contribution in [2.75, 3.05) is 0 Å². The zero-order valence-electron chi connectivity index (χ0n) is 8.06. The van der Waals surface area contributed by atoms with Gasteiger partial charge in [0.2, 0.25) is 0 Å². The van der Waals surface area contributed by atoms with Crippen LogP contribution in [0.15, 0.2) is 41.5 Å². The van der Waals surface area contributed by atoms with Crippen LogP contribution in [0.4, 0.5) is 0 Å². The smallest absolute Gasteiger partial charge is 0.126 e. The first-order chi connectivity index (χ1) is 6.88. The molecule has 1 aliphatic heterocycles. The largest absolute Gasteiger partial charge is 0.465 e. The van der Waals surface area contributed by atoms with Crippen LogP contribution in [0.3, 0.4) is 0 Å². The topological polar surface area (TPSA) is 22.4 Å². The van der Waals surface area contributed by atoms with E-state index in [0.29, 0.717) is 0 Å². The molecule has 2 atom stereocenters. The van der Waals surface area contributed by atoms with E-state index in [4.69, 9.17) is 9.15 Å². The first kappa shape index (κ1) is 9.28. The SMILES string of the molecule is C=CC1CCC(C=Cc2ccco2)O1. The van der Waals surface area contributed by atoms with Gasteiger partial charge >= 0.3 is 0 Å². The summed E-state index contributed by atoms with van der Waals surface area (Å²) in [7, 11) is 0. The fourth-order valence-corrected chi connectivity index (χ4v) is 1.59. The lowest BCUT2D eigenvalue weighted by Crippen LogP contribution is -2.05. The Morgan fingerprint density at radius 2 is 2.21 bits per heavy atom. The molecule has 74 valence electrons. The van der Waals surface area contributed by atoms with Gasteiger partial charge in [0.25, 0.3) is 0 Å². The van der Waals surface area contributed by atoms with E-state index in [-0.39, 0.29) is 12.2 Å². The number of ether oxygens (including phenoxy) is 1. The Hall–Kier alpha value is -1.28. The molecule has 0 radical (unpaired) electrons. The van der Waals surface area contributed by atoms with Gasteiger partial charge in [0.05, 0.1) is 18.5 Å². The lowest BCUT2D eigenvalue weighted by molar-refractivity contribution is 0.101. The van der Waals surface area contributed by atoms with E-state index in [1.165, 1.54) is 0 Å². The van der Waals surface area contributed by atoms with Crippen molar-refractivity contribution in [1.82, 2.24) is 0 Å². The second-order valence-corrected chi connectivity index (χ2v) is 3.40. The quantitative estimate of drug-likeness (QED) is 0.683. The third-order valence-electron chi connectivity index (χ3n) is 2.37. The van der Waals surface area contributed by atoms with Crippen LogP contribution in [0.2, 0.25) is 0 Å². The first-order valence-corrected chi connectivity index (χ1v) is 4.88.